The van der Waals surface area contributed by atoms with Crippen molar-refractivity contribution >= 4 is 5.97 Å². The highest BCUT2D eigenvalue weighted by Crippen LogP contribution is 2.10. The summed E-state index contributed by atoms with van der Waals surface area (Å²) in [7, 11) is 0. The smallest absolute Gasteiger partial charge is 0.303 e. The summed E-state index contributed by atoms with van der Waals surface area (Å²) >= 11 is 0. The van der Waals surface area contributed by atoms with Crippen molar-refractivity contribution in [1.82, 2.24) is 4.98 Å². The van der Waals surface area contributed by atoms with Crippen molar-refractivity contribution in [1.29, 1.82) is 0 Å². The number of aliphatic carboxylic acids is 1. The molecule has 0 unspecified atom stereocenters. The summed E-state index contributed by atoms with van der Waals surface area (Å²) in [6.45, 7) is 0. The molecule has 0 aliphatic heterocycles. The predicted octanol–water partition coefficient (Wildman–Crippen LogP) is 2.41. The summed E-state index contributed by atoms with van der Waals surface area (Å²) in [6, 6.07) is 1.66. The van der Waals surface area contributed by atoms with E-state index in [0.29, 0.717) is 18.4 Å². The molecule has 0 radical (unpaired) electrons. The number of halogens is 1. The number of carbonyl (C=O) groups is 1. The van der Waals surface area contributed by atoms with E-state index in [0.717, 1.165) is 12.8 Å². The van der Waals surface area contributed by atoms with E-state index < -0.39 is 5.97 Å². The molecule has 3 nitrogen and oxygen atoms in total. The van der Waals surface area contributed by atoms with Gasteiger partial charge in [0.1, 0.15) is 5.82 Å². The molecule has 4 heteroatoms. The van der Waals surface area contributed by atoms with Crippen molar-refractivity contribution in [2.45, 2.75) is 32.1 Å². The Morgan fingerprint density at radius 3 is 2.87 bits per heavy atom. The van der Waals surface area contributed by atoms with Crippen LogP contribution in [0.25, 0.3) is 0 Å². The number of hydrogen-bond acceptors (Lipinski definition) is 2. The highest BCUT2D eigenvalue weighted by Gasteiger charge is 2.01. The van der Waals surface area contributed by atoms with Gasteiger partial charge < -0.3 is 5.11 Å². The standard InChI is InChI=1S/C11H14FNO2/c12-10-8-13-7-6-9(10)4-2-1-3-5-11(14)15/h6-8H,1-5H2,(H,14,15). The Hall–Kier alpha value is -1.45. The second kappa shape index (κ2) is 6.11. The first-order valence-corrected chi connectivity index (χ1v) is 5.00. The van der Waals surface area contributed by atoms with Crippen LogP contribution in [0, 0.1) is 5.82 Å². The largest absolute Gasteiger partial charge is 0.481 e. The molecule has 0 spiro atoms. The van der Waals surface area contributed by atoms with E-state index in [1.807, 2.05) is 0 Å². The summed E-state index contributed by atoms with van der Waals surface area (Å²) in [5.74, 6) is -1.05. The van der Waals surface area contributed by atoms with Gasteiger partial charge in [0.05, 0.1) is 6.20 Å². The first kappa shape index (κ1) is 11.6. The van der Waals surface area contributed by atoms with Gasteiger partial charge in [0, 0.05) is 12.6 Å². The van der Waals surface area contributed by atoms with Crippen LogP contribution < -0.4 is 0 Å². The molecule has 0 saturated heterocycles. The minimum atomic E-state index is -0.773. The Labute approximate surface area is 88.0 Å². The molecule has 0 saturated carbocycles. The third-order valence-electron chi connectivity index (χ3n) is 2.19. The van der Waals surface area contributed by atoms with E-state index in [1.54, 1.807) is 12.3 Å². The lowest BCUT2D eigenvalue weighted by Gasteiger charge is -2.01. The van der Waals surface area contributed by atoms with Crippen molar-refractivity contribution in [3.05, 3.63) is 29.8 Å². The van der Waals surface area contributed by atoms with Crippen molar-refractivity contribution in [3.63, 3.8) is 0 Å². The number of hydrogen-bond donors (Lipinski definition) is 1. The monoisotopic (exact) mass is 211 g/mol. The van der Waals surface area contributed by atoms with Crippen molar-refractivity contribution in [2.24, 2.45) is 0 Å². The first-order valence-electron chi connectivity index (χ1n) is 5.00. The van der Waals surface area contributed by atoms with Crippen LogP contribution in [0.15, 0.2) is 18.5 Å². The Morgan fingerprint density at radius 2 is 2.20 bits per heavy atom. The fourth-order valence-electron chi connectivity index (χ4n) is 1.38. The summed E-state index contributed by atoms with van der Waals surface area (Å²) in [5.41, 5.74) is 0.653. The number of unbranched alkanes of at least 4 members (excludes halogenated alkanes) is 2. The second-order valence-corrected chi connectivity index (χ2v) is 3.42. The van der Waals surface area contributed by atoms with Crippen LogP contribution >= 0.6 is 0 Å². The molecule has 0 bridgehead atoms. The Kier molecular flexibility index (Phi) is 4.74. The van der Waals surface area contributed by atoms with E-state index >= 15 is 0 Å². The number of aryl methyl sites for hydroxylation is 1. The Balaban J connectivity index is 2.21. The van der Waals surface area contributed by atoms with Crippen LogP contribution in [0.2, 0.25) is 0 Å². The molecular weight excluding hydrogens is 197 g/mol. The topological polar surface area (TPSA) is 50.2 Å². The molecule has 15 heavy (non-hydrogen) atoms. The molecule has 0 fully saturated rings. The van der Waals surface area contributed by atoms with E-state index in [1.165, 1.54) is 6.20 Å². The number of rotatable bonds is 6. The predicted molar refractivity (Wildman–Crippen MR) is 54.0 cm³/mol. The third-order valence-corrected chi connectivity index (χ3v) is 2.19. The van der Waals surface area contributed by atoms with Crippen LogP contribution in [0.1, 0.15) is 31.2 Å². The molecular formula is C11H14FNO2. The van der Waals surface area contributed by atoms with Crippen LogP contribution in [-0.4, -0.2) is 16.1 Å². The Bertz CT molecular complexity index is 328. The molecule has 1 heterocycles. The van der Waals surface area contributed by atoms with E-state index in [4.69, 9.17) is 5.11 Å². The zero-order valence-electron chi connectivity index (χ0n) is 8.45. The number of aromatic nitrogens is 1. The molecule has 0 aliphatic carbocycles. The number of carboxylic acid groups (broad SMARTS) is 1. The Morgan fingerprint density at radius 1 is 1.40 bits per heavy atom. The number of nitrogens with zero attached hydrogens (tertiary/aromatic N) is 1. The van der Waals surface area contributed by atoms with Crippen LogP contribution in [0.3, 0.4) is 0 Å². The third kappa shape index (κ3) is 4.54. The SMILES string of the molecule is O=C(O)CCCCCc1ccncc1F. The van der Waals surface area contributed by atoms with Crippen molar-refractivity contribution in [2.75, 3.05) is 0 Å². The van der Waals surface area contributed by atoms with Gasteiger partial charge in [-0.1, -0.05) is 6.42 Å². The minimum absolute atomic E-state index is 0.193. The van der Waals surface area contributed by atoms with Gasteiger partial charge >= 0.3 is 5.97 Å². The van der Waals surface area contributed by atoms with E-state index in [9.17, 15) is 9.18 Å². The van der Waals surface area contributed by atoms with Crippen LogP contribution in [0.4, 0.5) is 4.39 Å². The first-order chi connectivity index (χ1) is 7.20. The zero-order chi connectivity index (χ0) is 11.1. The lowest BCUT2D eigenvalue weighted by atomic mass is 10.1. The normalized spacial score (nSPS) is 10.2. The highest BCUT2D eigenvalue weighted by molar-refractivity contribution is 5.66. The molecule has 1 aromatic heterocycles. The molecule has 82 valence electrons. The number of carboxylic acids is 1. The lowest BCUT2D eigenvalue weighted by molar-refractivity contribution is -0.137. The van der Waals surface area contributed by atoms with Gasteiger partial charge in [-0.25, -0.2) is 4.39 Å². The maximum Gasteiger partial charge on any atom is 0.303 e. The molecule has 0 aliphatic rings. The van der Waals surface area contributed by atoms with Crippen molar-refractivity contribution in [3.8, 4) is 0 Å². The van der Waals surface area contributed by atoms with E-state index in [-0.39, 0.29) is 12.2 Å². The van der Waals surface area contributed by atoms with Crippen LogP contribution in [0.5, 0.6) is 0 Å². The molecule has 0 amide bonds. The summed E-state index contributed by atoms with van der Waals surface area (Å²) in [6.07, 6.45) is 5.89. The van der Waals surface area contributed by atoms with E-state index in [2.05, 4.69) is 4.98 Å². The fraction of sp³-hybridized carbons (Fsp3) is 0.455. The molecule has 1 aromatic rings. The van der Waals surface area contributed by atoms with Gasteiger partial charge in [0.25, 0.3) is 0 Å². The quantitative estimate of drug-likeness (QED) is 0.735. The fourth-order valence-corrected chi connectivity index (χ4v) is 1.38. The lowest BCUT2D eigenvalue weighted by Crippen LogP contribution is -1.95. The number of pyridine rings is 1. The average molecular weight is 211 g/mol. The summed E-state index contributed by atoms with van der Waals surface area (Å²) < 4.78 is 13.1. The van der Waals surface area contributed by atoms with Crippen LogP contribution in [-0.2, 0) is 11.2 Å². The average Bonchev–Trinajstić information content (AvgIpc) is 2.20. The molecule has 1 rings (SSSR count). The highest BCUT2D eigenvalue weighted by atomic mass is 19.1. The molecule has 1 N–H and O–H groups in total. The summed E-state index contributed by atoms with van der Waals surface area (Å²) in [4.78, 5) is 13.9. The molecule has 0 atom stereocenters. The second-order valence-electron chi connectivity index (χ2n) is 3.42. The van der Waals surface area contributed by atoms with Gasteiger partial charge in [-0.2, -0.15) is 0 Å². The maximum atomic E-state index is 13.1. The summed E-state index contributed by atoms with van der Waals surface area (Å²) in [5, 5.41) is 8.41. The maximum absolute atomic E-state index is 13.1. The van der Waals surface area contributed by atoms with Gasteiger partial charge in [-0.3, -0.25) is 9.78 Å². The zero-order valence-corrected chi connectivity index (χ0v) is 8.45. The van der Waals surface area contributed by atoms with Gasteiger partial charge in [0.15, 0.2) is 0 Å². The van der Waals surface area contributed by atoms with Gasteiger partial charge in [-0.05, 0) is 30.9 Å². The molecule has 0 aromatic carbocycles. The minimum Gasteiger partial charge on any atom is -0.481 e. The van der Waals surface area contributed by atoms with Gasteiger partial charge in [-0.15, -0.1) is 0 Å². The van der Waals surface area contributed by atoms with Gasteiger partial charge in [0.2, 0.25) is 0 Å². The van der Waals surface area contributed by atoms with Crippen molar-refractivity contribution < 1.29 is 14.3 Å².